The third-order valence-corrected chi connectivity index (χ3v) is 2.51. The van der Waals surface area contributed by atoms with Crippen LogP contribution in [0.4, 0.5) is 18.9 Å². The van der Waals surface area contributed by atoms with Gasteiger partial charge in [0.1, 0.15) is 0 Å². The summed E-state index contributed by atoms with van der Waals surface area (Å²) in [6.07, 6.45) is -2.53. The van der Waals surface area contributed by atoms with E-state index in [2.05, 4.69) is 10.3 Å². The lowest BCUT2D eigenvalue weighted by molar-refractivity contribution is -0.137. The van der Waals surface area contributed by atoms with Crippen molar-refractivity contribution in [3.63, 3.8) is 0 Å². The Morgan fingerprint density at radius 1 is 1.16 bits per heavy atom. The molecule has 0 bridgehead atoms. The molecule has 0 spiro atoms. The van der Waals surface area contributed by atoms with Gasteiger partial charge in [0.05, 0.1) is 12.0 Å². The molecule has 0 aliphatic carbocycles. The Morgan fingerprint density at radius 2 is 1.84 bits per heavy atom. The number of rotatable bonds is 3. The van der Waals surface area contributed by atoms with Crippen molar-refractivity contribution < 1.29 is 18.0 Å². The molecule has 100 valence electrons. The zero-order valence-corrected chi connectivity index (χ0v) is 9.79. The fraction of sp³-hybridized carbons (Fsp3) is 0.154. The number of H-pyrrole nitrogens is 1. The lowest BCUT2D eigenvalue weighted by Crippen LogP contribution is -2.14. The van der Waals surface area contributed by atoms with Crippen LogP contribution >= 0.6 is 0 Å². The van der Waals surface area contributed by atoms with Crippen LogP contribution in [0.2, 0.25) is 0 Å². The Hall–Kier alpha value is -2.24. The predicted octanol–water partition coefficient (Wildman–Crippen LogP) is 3.21. The van der Waals surface area contributed by atoms with Crippen LogP contribution in [0.25, 0.3) is 0 Å². The largest absolute Gasteiger partial charge is 0.416 e. The fourth-order valence-corrected chi connectivity index (χ4v) is 1.60. The van der Waals surface area contributed by atoms with Gasteiger partial charge >= 0.3 is 6.18 Å². The minimum atomic E-state index is -4.37. The van der Waals surface area contributed by atoms with Crippen LogP contribution in [0.5, 0.6) is 0 Å². The van der Waals surface area contributed by atoms with Gasteiger partial charge in [-0.05, 0) is 36.4 Å². The van der Waals surface area contributed by atoms with E-state index in [9.17, 15) is 18.0 Å². The van der Waals surface area contributed by atoms with E-state index in [4.69, 9.17) is 0 Å². The smallest absolute Gasteiger partial charge is 0.365 e. The molecule has 1 aromatic heterocycles. The summed E-state index contributed by atoms with van der Waals surface area (Å²) in [6, 6.07) is 7.85. The number of amides is 1. The lowest BCUT2D eigenvalue weighted by atomic mass is 10.2. The highest BCUT2D eigenvalue weighted by Gasteiger charge is 2.29. The molecule has 1 amide bonds. The Bertz CT molecular complexity index is 544. The number of alkyl halides is 3. The van der Waals surface area contributed by atoms with E-state index in [0.29, 0.717) is 5.69 Å². The highest BCUT2D eigenvalue weighted by molar-refractivity contribution is 5.92. The molecule has 0 fully saturated rings. The zero-order chi connectivity index (χ0) is 13.9. The molecule has 0 aliphatic rings. The van der Waals surface area contributed by atoms with Crippen molar-refractivity contribution in [1.29, 1.82) is 0 Å². The van der Waals surface area contributed by atoms with Gasteiger partial charge in [0, 0.05) is 17.6 Å². The second kappa shape index (κ2) is 5.17. The predicted molar refractivity (Wildman–Crippen MR) is 64.6 cm³/mol. The first-order chi connectivity index (χ1) is 8.95. The van der Waals surface area contributed by atoms with Gasteiger partial charge in [0.25, 0.3) is 0 Å². The van der Waals surface area contributed by atoms with E-state index in [1.165, 1.54) is 12.1 Å². The lowest BCUT2D eigenvalue weighted by Gasteiger charge is -2.08. The maximum Gasteiger partial charge on any atom is 0.416 e. The second-order valence-electron chi connectivity index (χ2n) is 4.00. The Kier molecular flexibility index (Phi) is 3.59. The monoisotopic (exact) mass is 268 g/mol. The Morgan fingerprint density at radius 3 is 2.37 bits per heavy atom. The molecule has 0 unspecified atom stereocenters. The first kappa shape index (κ1) is 13.2. The molecule has 1 aromatic carbocycles. The third-order valence-electron chi connectivity index (χ3n) is 2.51. The maximum absolute atomic E-state index is 12.3. The second-order valence-corrected chi connectivity index (χ2v) is 4.00. The quantitative estimate of drug-likeness (QED) is 0.882. The summed E-state index contributed by atoms with van der Waals surface area (Å²) in [6.45, 7) is 0. The number of aromatic nitrogens is 1. The summed E-state index contributed by atoms with van der Waals surface area (Å²) in [5.74, 6) is -0.290. The van der Waals surface area contributed by atoms with E-state index in [0.717, 1.165) is 17.8 Å². The number of anilines is 1. The summed E-state index contributed by atoms with van der Waals surface area (Å²) in [5, 5.41) is 2.53. The van der Waals surface area contributed by atoms with Crippen molar-refractivity contribution in [3.8, 4) is 0 Å². The third kappa shape index (κ3) is 3.61. The number of hydrogen-bond acceptors (Lipinski definition) is 1. The summed E-state index contributed by atoms with van der Waals surface area (Å²) in [4.78, 5) is 14.5. The first-order valence-corrected chi connectivity index (χ1v) is 5.54. The molecule has 3 nitrogen and oxygen atoms in total. The molecule has 0 aliphatic heterocycles. The van der Waals surface area contributed by atoms with Gasteiger partial charge in [-0.15, -0.1) is 0 Å². The molecule has 1 heterocycles. The van der Waals surface area contributed by atoms with Crippen molar-refractivity contribution in [2.24, 2.45) is 0 Å². The van der Waals surface area contributed by atoms with Gasteiger partial charge in [-0.1, -0.05) is 0 Å². The number of hydrogen-bond donors (Lipinski definition) is 2. The van der Waals surface area contributed by atoms with E-state index in [1.54, 1.807) is 18.3 Å². The number of carbonyl (C=O) groups excluding carboxylic acids is 1. The number of benzene rings is 1. The summed E-state index contributed by atoms with van der Waals surface area (Å²) < 4.78 is 37.0. The van der Waals surface area contributed by atoms with E-state index in [1.807, 2.05) is 0 Å². The Balaban J connectivity index is 1.98. The molecule has 0 saturated carbocycles. The molecular formula is C13H11F3N2O. The van der Waals surface area contributed by atoms with Gasteiger partial charge in [0.15, 0.2) is 0 Å². The molecular weight excluding hydrogens is 257 g/mol. The maximum atomic E-state index is 12.3. The van der Waals surface area contributed by atoms with Crippen LogP contribution in [0, 0.1) is 0 Å². The van der Waals surface area contributed by atoms with Crippen molar-refractivity contribution in [1.82, 2.24) is 4.98 Å². The van der Waals surface area contributed by atoms with Gasteiger partial charge < -0.3 is 10.3 Å². The average Bonchev–Trinajstić information content (AvgIpc) is 2.81. The number of aromatic amines is 1. The number of halogens is 3. The molecule has 2 aromatic rings. The van der Waals surface area contributed by atoms with Gasteiger partial charge in [-0.3, -0.25) is 4.79 Å². The van der Waals surface area contributed by atoms with E-state index >= 15 is 0 Å². The SMILES string of the molecule is O=C(Cc1ccc[nH]1)Nc1ccc(C(F)(F)F)cc1. The standard InChI is InChI=1S/C13H11F3N2O/c14-13(15,16)9-3-5-10(6-4-9)18-12(19)8-11-2-1-7-17-11/h1-7,17H,8H2,(H,18,19). The zero-order valence-electron chi connectivity index (χ0n) is 9.79. The van der Waals surface area contributed by atoms with Crippen molar-refractivity contribution >= 4 is 11.6 Å². The minimum Gasteiger partial charge on any atom is -0.365 e. The van der Waals surface area contributed by atoms with E-state index < -0.39 is 11.7 Å². The van der Waals surface area contributed by atoms with Gasteiger partial charge in [-0.2, -0.15) is 13.2 Å². The minimum absolute atomic E-state index is 0.147. The molecule has 0 radical (unpaired) electrons. The molecule has 2 rings (SSSR count). The number of carbonyl (C=O) groups is 1. The van der Waals surface area contributed by atoms with Gasteiger partial charge in [-0.25, -0.2) is 0 Å². The van der Waals surface area contributed by atoms with Crippen LogP contribution in [0.15, 0.2) is 42.6 Å². The average molecular weight is 268 g/mol. The van der Waals surface area contributed by atoms with Crippen molar-refractivity contribution in [2.75, 3.05) is 5.32 Å². The highest BCUT2D eigenvalue weighted by Crippen LogP contribution is 2.29. The summed E-state index contributed by atoms with van der Waals surface area (Å²) in [5.41, 5.74) is 0.337. The molecule has 6 heteroatoms. The van der Waals surface area contributed by atoms with Crippen molar-refractivity contribution in [2.45, 2.75) is 12.6 Å². The fourth-order valence-electron chi connectivity index (χ4n) is 1.60. The van der Waals surface area contributed by atoms with Crippen LogP contribution in [0.3, 0.4) is 0 Å². The van der Waals surface area contributed by atoms with Crippen LogP contribution < -0.4 is 5.32 Å². The van der Waals surface area contributed by atoms with Crippen LogP contribution in [0.1, 0.15) is 11.3 Å². The highest BCUT2D eigenvalue weighted by atomic mass is 19.4. The van der Waals surface area contributed by atoms with E-state index in [-0.39, 0.29) is 12.3 Å². The molecule has 0 atom stereocenters. The normalized spacial score (nSPS) is 11.3. The molecule has 19 heavy (non-hydrogen) atoms. The molecule has 2 N–H and O–H groups in total. The van der Waals surface area contributed by atoms with Crippen LogP contribution in [-0.4, -0.2) is 10.9 Å². The van der Waals surface area contributed by atoms with Crippen LogP contribution in [-0.2, 0) is 17.4 Å². The summed E-state index contributed by atoms with van der Waals surface area (Å²) in [7, 11) is 0. The molecule has 0 saturated heterocycles. The Labute approximate surface area is 107 Å². The topological polar surface area (TPSA) is 44.9 Å². The van der Waals surface area contributed by atoms with Crippen molar-refractivity contribution in [3.05, 3.63) is 53.9 Å². The first-order valence-electron chi connectivity index (χ1n) is 5.54. The number of nitrogens with one attached hydrogen (secondary N) is 2. The van der Waals surface area contributed by atoms with Gasteiger partial charge in [0.2, 0.25) is 5.91 Å². The summed E-state index contributed by atoms with van der Waals surface area (Å²) >= 11 is 0.